The van der Waals surface area contributed by atoms with Crippen LogP contribution in [0.15, 0.2) is 53.4 Å². The molecule has 1 amide bonds. The van der Waals surface area contributed by atoms with Crippen LogP contribution in [-0.2, 0) is 14.8 Å². The van der Waals surface area contributed by atoms with E-state index in [-0.39, 0.29) is 4.90 Å². The van der Waals surface area contributed by atoms with Gasteiger partial charge in [-0.25, -0.2) is 17.1 Å². The fourth-order valence-electron chi connectivity index (χ4n) is 1.94. The third-order valence-corrected chi connectivity index (χ3v) is 5.23. The van der Waals surface area contributed by atoms with E-state index < -0.39 is 27.9 Å². The summed E-state index contributed by atoms with van der Waals surface area (Å²) in [6.07, 6.45) is -0.810. The van der Waals surface area contributed by atoms with Crippen molar-refractivity contribution in [3.05, 3.63) is 54.3 Å². The van der Waals surface area contributed by atoms with Crippen LogP contribution in [-0.4, -0.2) is 38.8 Å². The Balaban J connectivity index is 2.01. The Morgan fingerprint density at radius 3 is 2.16 bits per heavy atom. The highest BCUT2D eigenvalue weighted by Crippen LogP contribution is 2.18. The van der Waals surface area contributed by atoms with Crippen molar-refractivity contribution in [2.24, 2.45) is 0 Å². The maximum atomic E-state index is 12.9. The summed E-state index contributed by atoms with van der Waals surface area (Å²) in [5.74, 6) is -0.429. The highest BCUT2D eigenvalue weighted by molar-refractivity contribution is 7.89. The van der Waals surface area contributed by atoms with E-state index in [1.807, 2.05) is 0 Å². The van der Waals surface area contributed by atoms with Gasteiger partial charge >= 0.3 is 0 Å². The number of rotatable bonds is 6. The van der Waals surface area contributed by atoms with Crippen LogP contribution in [0.1, 0.15) is 6.92 Å². The number of hydrogen-bond acceptors (Lipinski definition) is 4. The largest absolute Gasteiger partial charge is 0.481 e. The summed E-state index contributed by atoms with van der Waals surface area (Å²) in [7, 11) is -0.630. The number of benzene rings is 2. The molecule has 8 heteroatoms. The van der Waals surface area contributed by atoms with E-state index in [4.69, 9.17) is 4.74 Å². The number of nitrogens with zero attached hydrogens (tertiary/aromatic N) is 1. The first kappa shape index (κ1) is 18.9. The molecule has 0 fully saturated rings. The predicted molar refractivity (Wildman–Crippen MR) is 92.4 cm³/mol. The lowest BCUT2D eigenvalue weighted by atomic mass is 10.3. The lowest BCUT2D eigenvalue weighted by molar-refractivity contribution is -0.122. The zero-order valence-electron chi connectivity index (χ0n) is 14.1. The van der Waals surface area contributed by atoms with E-state index in [2.05, 4.69) is 5.32 Å². The Morgan fingerprint density at radius 1 is 1.08 bits per heavy atom. The molecular weight excluding hydrogens is 347 g/mol. The Kier molecular flexibility index (Phi) is 5.76. The fourth-order valence-corrected chi connectivity index (χ4v) is 2.84. The molecule has 0 saturated carbocycles. The van der Waals surface area contributed by atoms with Crippen LogP contribution in [0.25, 0.3) is 0 Å². The molecule has 0 spiro atoms. The average Bonchev–Trinajstić information content (AvgIpc) is 2.57. The molecule has 0 aliphatic carbocycles. The van der Waals surface area contributed by atoms with Crippen LogP contribution in [0, 0.1) is 5.82 Å². The summed E-state index contributed by atoms with van der Waals surface area (Å²) >= 11 is 0. The minimum absolute atomic E-state index is 0.131. The van der Waals surface area contributed by atoms with E-state index in [0.29, 0.717) is 11.4 Å². The SMILES string of the molecule is C[C@@H](Oc1ccc(F)cc1)C(=O)Nc1ccc(S(=O)(=O)N(C)C)cc1. The maximum absolute atomic E-state index is 12.9. The van der Waals surface area contributed by atoms with Crippen molar-refractivity contribution < 1.29 is 22.3 Å². The Morgan fingerprint density at radius 2 is 1.64 bits per heavy atom. The number of amides is 1. The first-order chi connectivity index (χ1) is 11.7. The Bertz CT molecular complexity index is 834. The molecule has 25 heavy (non-hydrogen) atoms. The molecule has 1 N–H and O–H groups in total. The average molecular weight is 366 g/mol. The minimum Gasteiger partial charge on any atom is -0.481 e. The number of halogens is 1. The van der Waals surface area contributed by atoms with E-state index in [1.165, 1.54) is 62.6 Å². The monoisotopic (exact) mass is 366 g/mol. The van der Waals surface area contributed by atoms with Crippen LogP contribution >= 0.6 is 0 Å². The van der Waals surface area contributed by atoms with Crippen molar-refractivity contribution in [2.45, 2.75) is 17.9 Å². The van der Waals surface area contributed by atoms with Crippen molar-refractivity contribution in [3.63, 3.8) is 0 Å². The van der Waals surface area contributed by atoms with Crippen molar-refractivity contribution in [1.82, 2.24) is 4.31 Å². The van der Waals surface area contributed by atoms with Crippen LogP contribution in [0.3, 0.4) is 0 Å². The normalized spacial score (nSPS) is 12.7. The number of carbonyl (C=O) groups is 1. The number of sulfonamides is 1. The summed E-state index contributed by atoms with van der Waals surface area (Å²) in [6.45, 7) is 1.56. The van der Waals surface area contributed by atoms with Gasteiger partial charge in [-0.1, -0.05) is 0 Å². The highest BCUT2D eigenvalue weighted by atomic mass is 32.2. The van der Waals surface area contributed by atoms with Crippen LogP contribution in [0.4, 0.5) is 10.1 Å². The van der Waals surface area contributed by atoms with Crippen molar-refractivity contribution in [1.29, 1.82) is 0 Å². The molecule has 0 aliphatic rings. The molecule has 0 saturated heterocycles. The minimum atomic E-state index is -3.52. The van der Waals surface area contributed by atoms with Gasteiger partial charge in [0.1, 0.15) is 11.6 Å². The van der Waals surface area contributed by atoms with Gasteiger partial charge in [-0.15, -0.1) is 0 Å². The number of ether oxygens (including phenoxy) is 1. The topological polar surface area (TPSA) is 75.7 Å². The molecule has 2 rings (SSSR count). The van der Waals surface area contributed by atoms with Gasteiger partial charge < -0.3 is 10.1 Å². The molecule has 1 atom stereocenters. The zero-order valence-corrected chi connectivity index (χ0v) is 14.9. The van der Waals surface area contributed by atoms with Gasteiger partial charge in [0.2, 0.25) is 10.0 Å². The first-order valence-corrected chi connectivity index (χ1v) is 8.90. The number of nitrogens with one attached hydrogen (secondary N) is 1. The molecule has 0 unspecified atom stereocenters. The van der Waals surface area contributed by atoms with Gasteiger partial charge in [-0.05, 0) is 55.5 Å². The van der Waals surface area contributed by atoms with Crippen LogP contribution < -0.4 is 10.1 Å². The highest BCUT2D eigenvalue weighted by Gasteiger charge is 2.18. The van der Waals surface area contributed by atoms with E-state index in [1.54, 1.807) is 6.92 Å². The quantitative estimate of drug-likeness (QED) is 0.852. The van der Waals surface area contributed by atoms with Gasteiger partial charge in [0.15, 0.2) is 6.10 Å². The molecular formula is C17H19FN2O4S. The molecule has 0 aromatic heterocycles. The number of carbonyl (C=O) groups excluding carboxylic acids is 1. The van der Waals surface area contributed by atoms with Crippen molar-refractivity contribution in [3.8, 4) is 5.75 Å². The van der Waals surface area contributed by atoms with Gasteiger partial charge in [-0.3, -0.25) is 4.79 Å². The predicted octanol–water partition coefficient (Wildman–Crippen LogP) is 2.48. The maximum Gasteiger partial charge on any atom is 0.265 e. The van der Waals surface area contributed by atoms with Gasteiger partial charge in [0.05, 0.1) is 4.90 Å². The second kappa shape index (κ2) is 7.62. The summed E-state index contributed by atoms with van der Waals surface area (Å²) in [4.78, 5) is 12.3. The standard InChI is InChI=1S/C17H19FN2O4S/c1-12(24-15-8-4-13(18)5-9-15)17(21)19-14-6-10-16(11-7-14)25(22,23)20(2)3/h4-12H,1-3H3,(H,19,21)/t12-/m1/s1. The lowest BCUT2D eigenvalue weighted by Gasteiger charge is -2.15. The lowest BCUT2D eigenvalue weighted by Crippen LogP contribution is -2.30. The summed E-state index contributed by atoms with van der Waals surface area (Å²) in [5, 5.41) is 2.63. The van der Waals surface area contributed by atoms with Crippen LogP contribution in [0.5, 0.6) is 5.75 Å². The first-order valence-electron chi connectivity index (χ1n) is 7.46. The molecule has 134 valence electrons. The molecule has 0 aliphatic heterocycles. The van der Waals surface area contributed by atoms with E-state index in [9.17, 15) is 17.6 Å². The smallest absolute Gasteiger partial charge is 0.265 e. The van der Waals surface area contributed by atoms with Crippen molar-refractivity contribution >= 4 is 21.6 Å². The second-order valence-electron chi connectivity index (χ2n) is 5.52. The molecule has 0 bridgehead atoms. The third kappa shape index (κ3) is 4.77. The summed E-state index contributed by atoms with van der Waals surface area (Å²) < 4.78 is 43.4. The van der Waals surface area contributed by atoms with E-state index >= 15 is 0 Å². The molecule has 0 radical (unpaired) electrons. The van der Waals surface area contributed by atoms with Gasteiger partial charge in [0.25, 0.3) is 5.91 Å². The molecule has 2 aromatic rings. The zero-order chi connectivity index (χ0) is 18.6. The van der Waals surface area contributed by atoms with Crippen molar-refractivity contribution in [2.75, 3.05) is 19.4 Å². The summed E-state index contributed by atoms with van der Waals surface area (Å²) in [5.41, 5.74) is 0.442. The molecule has 2 aromatic carbocycles. The Labute approximate surface area is 146 Å². The molecule has 0 heterocycles. The van der Waals surface area contributed by atoms with Gasteiger partial charge in [0, 0.05) is 19.8 Å². The second-order valence-corrected chi connectivity index (χ2v) is 7.67. The summed E-state index contributed by atoms with van der Waals surface area (Å²) in [6, 6.07) is 11.2. The Hall–Kier alpha value is -2.45. The van der Waals surface area contributed by atoms with E-state index in [0.717, 1.165) is 4.31 Å². The van der Waals surface area contributed by atoms with Crippen LogP contribution in [0.2, 0.25) is 0 Å². The van der Waals surface area contributed by atoms with Gasteiger partial charge in [-0.2, -0.15) is 0 Å². The fraction of sp³-hybridized carbons (Fsp3) is 0.235. The third-order valence-electron chi connectivity index (χ3n) is 3.40. The molecule has 6 nitrogen and oxygen atoms in total. The number of anilines is 1. The number of hydrogen-bond donors (Lipinski definition) is 1.